The van der Waals surface area contributed by atoms with Gasteiger partial charge in [-0.15, -0.1) is 0 Å². The van der Waals surface area contributed by atoms with Crippen molar-refractivity contribution in [1.82, 2.24) is 9.97 Å². The Morgan fingerprint density at radius 3 is 2.67 bits per heavy atom. The van der Waals surface area contributed by atoms with E-state index in [9.17, 15) is 0 Å². The van der Waals surface area contributed by atoms with Crippen molar-refractivity contribution in [3.05, 3.63) is 81.2 Å². The van der Waals surface area contributed by atoms with E-state index in [1.54, 1.807) is 6.92 Å². The summed E-state index contributed by atoms with van der Waals surface area (Å²) in [7, 11) is 0. The van der Waals surface area contributed by atoms with E-state index in [1.165, 1.54) is 0 Å². The molecular formula is C26H26Cl2N4O. The summed E-state index contributed by atoms with van der Waals surface area (Å²) < 4.78 is 0. The second-order valence-corrected chi connectivity index (χ2v) is 9.29. The molecule has 0 spiro atoms. The van der Waals surface area contributed by atoms with Gasteiger partial charge in [-0.1, -0.05) is 53.5 Å². The summed E-state index contributed by atoms with van der Waals surface area (Å²) in [6.45, 7) is 4.41. The highest BCUT2D eigenvalue weighted by Gasteiger charge is 2.26. The summed E-state index contributed by atoms with van der Waals surface area (Å²) in [4.78, 5) is 15.1. The zero-order chi connectivity index (χ0) is 23.4. The largest absolute Gasteiger partial charge is 0.396 e. The van der Waals surface area contributed by atoms with Gasteiger partial charge in [-0.3, -0.25) is 4.98 Å². The predicted molar refractivity (Wildman–Crippen MR) is 135 cm³/mol. The van der Waals surface area contributed by atoms with Gasteiger partial charge in [0.1, 0.15) is 12.3 Å². The average Bonchev–Trinajstić information content (AvgIpc) is 2.80. The molecule has 7 heteroatoms. The van der Waals surface area contributed by atoms with Gasteiger partial charge in [0.05, 0.1) is 22.8 Å². The maximum absolute atomic E-state index is 7.73. The second kappa shape index (κ2) is 10.4. The molecule has 1 unspecified atom stereocenters. The molecule has 0 saturated carbocycles. The highest BCUT2D eigenvalue weighted by molar-refractivity contribution is 6.32. The first-order valence-corrected chi connectivity index (χ1v) is 11.8. The van der Waals surface area contributed by atoms with E-state index in [1.807, 2.05) is 48.5 Å². The van der Waals surface area contributed by atoms with Gasteiger partial charge in [-0.05, 0) is 74.4 Å². The lowest BCUT2D eigenvalue weighted by atomic mass is 9.86. The van der Waals surface area contributed by atoms with Crippen LogP contribution in [0.1, 0.15) is 49.3 Å². The van der Waals surface area contributed by atoms with Crippen molar-refractivity contribution in [2.24, 2.45) is 11.1 Å². The molecule has 4 rings (SSSR count). The lowest BCUT2D eigenvalue weighted by Gasteiger charge is -2.23. The summed E-state index contributed by atoms with van der Waals surface area (Å²) in [6.07, 6.45) is 3.22. The molecule has 5 nitrogen and oxygen atoms in total. The minimum atomic E-state index is 0.414. The molecular weight excluding hydrogens is 455 g/mol. The Labute approximate surface area is 204 Å². The molecule has 0 bridgehead atoms. The molecule has 2 aromatic heterocycles. The fourth-order valence-corrected chi connectivity index (χ4v) is 4.33. The van der Waals surface area contributed by atoms with E-state index in [4.69, 9.17) is 38.4 Å². The third-order valence-corrected chi connectivity index (χ3v) is 6.20. The summed E-state index contributed by atoms with van der Waals surface area (Å²) in [5.74, 6) is 0.414. The molecule has 1 N–H and O–H groups in total. The predicted octanol–water partition coefficient (Wildman–Crippen LogP) is 6.77. The number of hydrogen-bond acceptors (Lipinski definition) is 5. The number of nitrogens with one attached hydrogen (secondary N) is 1. The minimum absolute atomic E-state index is 0.414. The minimum Gasteiger partial charge on any atom is -0.396 e. The topological polar surface area (TPSA) is 71.2 Å². The van der Waals surface area contributed by atoms with Crippen LogP contribution >= 0.6 is 23.2 Å². The number of nitrogens with zero attached hydrogens (tertiary/aromatic N) is 3. The molecule has 1 aliphatic carbocycles. The highest BCUT2D eigenvalue weighted by atomic mass is 35.5. The van der Waals surface area contributed by atoms with Gasteiger partial charge < -0.3 is 10.2 Å². The van der Waals surface area contributed by atoms with Gasteiger partial charge in [-0.25, -0.2) is 4.98 Å². The van der Waals surface area contributed by atoms with Crippen LogP contribution in [0.4, 0.5) is 0 Å². The first-order chi connectivity index (χ1) is 15.9. The second-order valence-electron chi connectivity index (χ2n) is 8.45. The monoisotopic (exact) mass is 480 g/mol. The summed E-state index contributed by atoms with van der Waals surface area (Å²) in [5, 5.41) is 13.6. The number of pyridine rings is 2. The number of hydrogen-bond donors (Lipinski definition) is 1. The van der Waals surface area contributed by atoms with Gasteiger partial charge in [0.15, 0.2) is 0 Å². The molecule has 3 aromatic rings. The van der Waals surface area contributed by atoms with Crippen LogP contribution in [0.2, 0.25) is 10.0 Å². The number of oxime groups is 1. The molecule has 0 fully saturated rings. The van der Waals surface area contributed by atoms with E-state index in [0.29, 0.717) is 34.0 Å². The van der Waals surface area contributed by atoms with Crippen LogP contribution in [0.15, 0.2) is 53.7 Å². The fourth-order valence-electron chi connectivity index (χ4n) is 3.94. The van der Waals surface area contributed by atoms with Crippen molar-refractivity contribution < 1.29 is 4.84 Å². The van der Waals surface area contributed by atoms with Gasteiger partial charge in [-0.2, -0.15) is 0 Å². The summed E-state index contributed by atoms with van der Waals surface area (Å²) >= 11 is 12.7. The zero-order valence-electron chi connectivity index (χ0n) is 18.7. The van der Waals surface area contributed by atoms with Crippen molar-refractivity contribution in [1.29, 1.82) is 5.41 Å². The van der Waals surface area contributed by atoms with Gasteiger partial charge >= 0.3 is 0 Å². The Kier molecular flexibility index (Phi) is 7.41. The lowest BCUT2D eigenvalue weighted by molar-refractivity contribution is 0.140. The van der Waals surface area contributed by atoms with Crippen molar-refractivity contribution in [2.75, 3.05) is 6.61 Å². The van der Waals surface area contributed by atoms with Crippen molar-refractivity contribution in [3.63, 3.8) is 0 Å². The Bertz CT molecular complexity index is 1190. The van der Waals surface area contributed by atoms with Crippen LogP contribution in [-0.4, -0.2) is 28.0 Å². The SMILES string of the molecule is CC(=N)c1cccc(CCCO/N=C2\CC(C)Cc3c(Cl)cc(-c4ccc(Cl)cc4)nc32)n1. The molecule has 1 atom stereocenters. The smallest absolute Gasteiger partial charge is 0.117 e. The normalized spacial score (nSPS) is 16.5. The van der Waals surface area contributed by atoms with Crippen LogP contribution in [0.3, 0.4) is 0 Å². The standard InChI is InChI=1S/C26H26Cl2N4O/c1-16-13-21-22(28)15-24(18-8-10-19(27)11-9-18)31-26(21)25(14-16)32-33-12-4-6-20-5-3-7-23(30-20)17(2)29/h3,5,7-11,15-16,29H,4,6,12-14H2,1-2H3/b29-17?,32-25+. The average molecular weight is 481 g/mol. The number of benzene rings is 1. The van der Waals surface area contributed by atoms with Crippen LogP contribution in [0.25, 0.3) is 11.3 Å². The Balaban J connectivity index is 1.47. The molecule has 33 heavy (non-hydrogen) atoms. The number of fused-ring (bicyclic) bond motifs is 1. The van der Waals surface area contributed by atoms with Gasteiger partial charge in [0.25, 0.3) is 0 Å². The first kappa shape index (κ1) is 23.4. The fraction of sp³-hybridized carbons (Fsp3) is 0.308. The third-order valence-electron chi connectivity index (χ3n) is 5.61. The molecule has 1 aliphatic rings. The van der Waals surface area contributed by atoms with E-state index < -0.39 is 0 Å². The van der Waals surface area contributed by atoms with E-state index in [2.05, 4.69) is 17.1 Å². The molecule has 0 amide bonds. The maximum atomic E-state index is 7.73. The van der Waals surface area contributed by atoms with Crippen molar-refractivity contribution in [3.8, 4) is 11.3 Å². The highest BCUT2D eigenvalue weighted by Crippen LogP contribution is 2.33. The van der Waals surface area contributed by atoms with E-state index >= 15 is 0 Å². The molecule has 0 saturated heterocycles. The van der Waals surface area contributed by atoms with E-state index in [0.717, 1.165) is 59.6 Å². The maximum Gasteiger partial charge on any atom is 0.117 e. The van der Waals surface area contributed by atoms with Crippen LogP contribution in [0, 0.1) is 11.3 Å². The molecule has 0 radical (unpaired) electrons. The number of rotatable bonds is 7. The molecule has 0 aliphatic heterocycles. The lowest BCUT2D eigenvalue weighted by Crippen LogP contribution is -2.21. The van der Waals surface area contributed by atoms with Crippen molar-refractivity contribution in [2.45, 2.75) is 39.5 Å². The molecule has 1 aromatic carbocycles. The number of halogens is 2. The first-order valence-electron chi connectivity index (χ1n) is 11.1. The Morgan fingerprint density at radius 2 is 1.91 bits per heavy atom. The van der Waals surface area contributed by atoms with E-state index in [-0.39, 0.29) is 0 Å². The third kappa shape index (κ3) is 5.79. The Morgan fingerprint density at radius 1 is 1.12 bits per heavy atom. The van der Waals surface area contributed by atoms with Crippen LogP contribution in [-0.2, 0) is 17.7 Å². The number of aromatic nitrogens is 2. The zero-order valence-corrected chi connectivity index (χ0v) is 20.2. The van der Waals surface area contributed by atoms with Gasteiger partial charge in [0.2, 0.25) is 0 Å². The van der Waals surface area contributed by atoms with Crippen LogP contribution in [0.5, 0.6) is 0 Å². The van der Waals surface area contributed by atoms with Crippen LogP contribution < -0.4 is 0 Å². The quantitative estimate of drug-likeness (QED) is 0.230. The number of aryl methyl sites for hydroxylation is 1. The summed E-state index contributed by atoms with van der Waals surface area (Å²) in [6, 6.07) is 15.3. The molecule has 170 valence electrons. The summed E-state index contributed by atoms with van der Waals surface area (Å²) in [5.41, 5.74) is 6.56. The van der Waals surface area contributed by atoms with Gasteiger partial charge in [0, 0.05) is 21.3 Å². The Hall–Kier alpha value is -2.76. The molecule has 2 heterocycles. The van der Waals surface area contributed by atoms with Crippen molar-refractivity contribution >= 4 is 34.6 Å².